The molecule has 2 saturated heterocycles. The largest absolute Gasteiger partial charge is 0.465 e. The first-order valence-electron chi connectivity index (χ1n) is 12.9. The normalized spacial score (nSPS) is 18.6. The van der Waals surface area contributed by atoms with E-state index in [0.29, 0.717) is 41.7 Å². The van der Waals surface area contributed by atoms with Gasteiger partial charge in [0, 0.05) is 41.6 Å². The van der Waals surface area contributed by atoms with Gasteiger partial charge in [0.05, 0.1) is 12.7 Å². The van der Waals surface area contributed by atoms with E-state index in [0.717, 1.165) is 36.0 Å². The van der Waals surface area contributed by atoms with E-state index >= 15 is 0 Å². The predicted molar refractivity (Wildman–Crippen MR) is 148 cm³/mol. The molecule has 1 atom stereocenters. The van der Waals surface area contributed by atoms with Crippen molar-refractivity contribution in [3.8, 4) is 11.1 Å². The SMILES string of the molecule is COC(=O)c1ccc(-c2cc(Cl)c(CC3CCN(C4CCN(C(=O)OC(C)(C)C)CC4)C3=O)c(Cl)c2)cc1. The Hall–Kier alpha value is -2.77. The highest BCUT2D eigenvalue weighted by atomic mass is 35.5. The zero-order valence-electron chi connectivity index (χ0n) is 22.3. The summed E-state index contributed by atoms with van der Waals surface area (Å²) in [6.07, 6.45) is 2.40. The molecule has 1 unspecified atom stereocenters. The van der Waals surface area contributed by atoms with Crippen LogP contribution in [0.4, 0.5) is 4.79 Å². The van der Waals surface area contributed by atoms with E-state index in [1.54, 1.807) is 17.0 Å². The van der Waals surface area contributed by atoms with Crippen molar-refractivity contribution >= 4 is 41.2 Å². The first-order valence-corrected chi connectivity index (χ1v) is 13.7. The summed E-state index contributed by atoms with van der Waals surface area (Å²) in [6.45, 7) is 7.42. The number of esters is 1. The molecule has 9 heteroatoms. The van der Waals surface area contributed by atoms with Crippen molar-refractivity contribution in [1.82, 2.24) is 9.80 Å². The second-order valence-electron chi connectivity index (χ2n) is 10.9. The highest BCUT2D eigenvalue weighted by molar-refractivity contribution is 6.36. The number of hydrogen-bond acceptors (Lipinski definition) is 5. The van der Waals surface area contributed by atoms with Crippen LogP contribution < -0.4 is 0 Å². The lowest BCUT2D eigenvalue weighted by Crippen LogP contribution is -2.48. The van der Waals surface area contributed by atoms with Gasteiger partial charge in [0.15, 0.2) is 0 Å². The third-order valence-corrected chi connectivity index (χ3v) is 7.81. The van der Waals surface area contributed by atoms with Gasteiger partial charge in [-0.25, -0.2) is 9.59 Å². The van der Waals surface area contributed by atoms with Gasteiger partial charge in [-0.2, -0.15) is 0 Å². The molecule has 2 aromatic carbocycles. The van der Waals surface area contributed by atoms with Gasteiger partial charge in [-0.1, -0.05) is 35.3 Å². The first kappa shape index (κ1) is 28.2. The van der Waals surface area contributed by atoms with E-state index in [1.165, 1.54) is 7.11 Å². The molecule has 204 valence electrons. The quantitative estimate of drug-likeness (QED) is 0.404. The molecule has 0 aliphatic carbocycles. The number of likely N-dealkylation sites (tertiary alicyclic amines) is 2. The number of rotatable bonds is 5. The minimum Gasteiger partial charge on any atom is -0.465 e. The highest BCUT2D eigenvalue weighted by Gasteiger charge is 2.38. The molecule has 0 aromatic heterocycles. The highest BCUT2D eigenvalue weighted by Crippen LogP contribution is 2.36. The fraction of sp³-hybridized carbons (Fsp3) is 0.483. The fourth-order valence-electron chi connectivity index (χ4n) is 5.13. The number of carbonyl (C=O) groups excluding carboxylic acids is 3. The molecule has 7 nitrogen and oxygen atoms in total. The number of halogens is 2. The minimum atomic E-state index is -0.526. The molecule has 2 aromatic rings. The third kappa shape index (κ3) is 6.44. The van der Waals surface area contributed by atoms with Crippen molar-refractivity contribution in [2.24, 2.45) is 5.92 Å². The molecule has 2 amide bonds. The van der Waals surface area contributed by atoms with Crippen LogP contribution in [-0.2, 0) is 20.7 Å². The lowest BCUT2D eigenvalue weighted by Gasteiger charge is -2.37. The van der Waals surface area contributed by atoms with Gasteiger partial charge in [-0.05, 0) is 87.4 Å². The van der Waals surface area contributed by atoms with Crippen LogP contribution in [0.15, 0.2) is 36.4 Å². The molecule has 2 fully saturated rings. The number of benzene rings is 2. The molecule has 38 heavy (non-hydrogen) atoms. The summed E-state index contributed by atoms with van der Waals surface area (Å²) >= 11 is 13.3. The average Bonchev–Trinajstić information content (AvgIpc) is 3.24. The summed E-state index contributed by atoms with van der Waals surface area (Å²) < 4.78 is 10.2. The zero-order chi connectivity index (χ0) is 27.6. The summed E-state index contributed by atoms with van der Waals surface area (Å²) in [7, 11) is 1.35. The van der Waals surface area contributed by atoms with E-state index in [9.17, 15) is 14.4 Å². The maximum Gasteiger partial charge on any atom is 0.410 e. The van der Waals surface area contributed by atoms with Crippen molar-refractivity contribution < 1.29 is 23.9 Å². The van der Waals surface area contributed by atoms with E-state index in [-0.39, 0.29) is 24.0 Å². The van der Waals surface area contributed by atoms with Crippen molar-refractivity contribution in [2.45, 2.75) is 58.1 Å². The Kier molecular flexibility index (Phi) is 8.58. The van der Waals surface area contributed by atoms with Crippen LogP contribution in [0, 0.1) is 5.92 Å². The van der Waals surface area contributed by atoms with E-state index < -0.39 is 11.6 Å². The number of hydrogen-bond donors (Lipinski definition) is 0. The lowest BCUT2D eigenvalue weighted by atomic mass is 9.95. The molecule has 0 saturated carbocycles. The van der Waals surface area contributed by atoms with E-state index in [1.807, 2.05) is 49.9 Å². The Morgan fingerprint density at radius 2 is 1.55 bits per heavy atom. The topological polar surface area (TPSA) is 76.2 Å². The number of methoxy groups -OCH3 is 1. The van der Waals surface area contributed by atoms with Gasteiger partial charge < -0.3 is 19.3 Å². The van der Waals surface area contributed by atoms with Gasteiger partial charge in [0.2, 0.25) is 5.91 Å². The van der Waals surface area contributed by atoms with E-state index in [2.05, 4.69) is 0 Å². The second kappa shape index (κ2) is 11.5. The minimum absolute atomic E-state index is 0.118. The van der Waals surface area contributed by atoms with Crippen molar-refractivity contribution in [3.05, 3.63) is 57.6 Å². The third-order valence-electron chi connectivity index (χ3n) is 7.14. The Morgan fingerprint density at radius 3 is 2.11 bits per heavy atom. The second-order valence-corrected chi connectivity index (χ2v) is 11.7. The van der Waals surface area contributed by atoms with Crippen LogP contribution in [0.3, 0.4) is 0 Å². The number of nitrogens with zero attached hydrogens (tertiary/aromatic N) is 2. The Labute approximate surface area is 234 Å². The summed E-state index contributed by atoms with van der Waals surface area (Å²) in [6, 6.07) is 10.8. The smallest absolute Gasteiger partial charge is 0.410 e. The van der Waals surface area contributed by atoms with Crippen molar-refractivity contribution in [3.63, 3.8) is 0 Å². The summed E-state index contributed by atoms with van der Waals surface area (Å²) in [5, 5.41) is 1.03. The molecule has 2 aliphatic rings. The average molecular weight is 562 g/mol. The molecule has 0 radical (unpaired) electrons. The first-order chi connectivity index (χ1) is 18.0. The molecular formula is C29H34Cl2N2O5. The number of carbonyl (C=O) groups is 3. The molecule has 0 N–H and O–H groups in total. The maximum atomic E-state index is 13.3. The van der Waals surface area contributed by atoms with Crippen LogP contribution in [0.2, 0.25) is 10.0 Å². The zero-order valence-corrected chi connectivity index (χ0v) is 23.8. The Morgan fingerprint density at radius 1 is 0.947 bits per heavy atom. The van der Waals surface area contributed by atoms with Crippen LogP contribution in [0.1, 0.15) is 56.0 Å². The van der Waals surface area contributed by atoms with Gasteiger partial charge in [-0.3, -0.25) is 4.79 Å². The number of amides is 2. The van der Waals surface area contributed by atoms with Gasteiger partial charge in [0.25, 0.3) is 0 Å². The van der Waals surface area contributed by atoms with Crippen molar-refractivity contribution in [1.29, 1.82) is 0 Å². The Balaban J connectivity index is 1.38. The molecule has 0 bridgehead atoms. The Bertz CT molecular complexity index is 1180. The van der Waals surface area contributed by atoms with Crippen LogP contribution >= 0.6 is 23.2 Å². The summed E-state index contributed by atoms with van der Waals surface area (Å²) in [4.78, 5) is 41.1. The maximum absolute atomic E-state index is 13.3. The molecule has 0 spiro atoms. The molecular weight excluding hydrogens is 527 g/mol. The van der Waals surface area contributed by atoms with E-state index in [4.69, 9.17) is 32.7 Å². The fourth-order valence-corrected chi connectivity index (χ4v) is 5.77. The molecule has 2 heterocycles. The standard InChI is InChI=1S/C29H34Cl2N2O5/c1-29(2,3)38-28(36)32-12-10-22(11-13-32)33-14-9-20(26(33)34)15-23-24(30)16-21(17-25(23)31)18-5-7-19(8-6-18)27(35)37-4/h5-8,16-17,20,22H,9-15H2,1-4H3. The van der Waals surface area contributed by atoms with Crippen LogP contribution in [-0.4, -0.2) is 66.2 Å². The van der Waals surface area contributed by atoms with Gasteiger partial charge >= 0.3 is 12.1 Å². The monoisotopic (exact) mass is 560 g/mol. The van der Waals surface area contributed by atoms with Gasteiger partial charge in [0.1, 0.15) is 5.60 Å². The summed E-state index contributed by atoms with van der Waals surface area (Å²) in [5.74, 6) is -0.457. The lowest BCUT2D eigenvalue weighted by molar-refractivity contribution is -0.133. The molecule has 2 aliphatic heterocycles. The molecule has 4 rings (SSSR count). The number of ether oxygens (including phenoxy) is 2. The predicted octanol–water partition coefficient (Wildman–Crippen LogP) is 6.24. The van der Waals surface area contributed by atoms with Crippen LogP contribution in [0.25, 0.3) is 11.1 Å². The van der Waals surface area contributed by atoms with Crippen LogP contribution in [0.5, 0.6) is 0 Å². The number of piperidine rings is 1. The summed E-state index contributed by atoms with van der Waals surface area (Å²) in [5.41, 5.74) is 2.40. The van der Waals surface area contributed by atoms with Crippen molar-refractivity contribution in [2.75, 3.05) is 26.7 Å². The van der Waals surface area contributed by atoms with Gasteiger partial charge in [-0.15, -0.1) is 0 Å².